The Bertz CT molecular complexity index is 1170. The number of phenols is 1. The van der Waals surface area contributed by atoms with Crippen molar-refractivity contribution in [3.8, 4) is 17.1 Å². The molecule has 5 nitrogen and oxygen atoms in total. The summed E-state index contributed by atoms with van der Waals surface area (Å²) in [6, 6.07) is 22.2. The summed E-state index contributed by atoms with van der Waals surface area (Å²) in [4.78, 5) is 9.31. The number of hydrazone groups is 1. The van der Waals surface area contributed by atoms with Gasteiger partial charge in [0.05, 0.1) is 11.2 Å². The molecule has 138 valence electrons. The van der Waals surface area contributed by atoms with Gasteiger partial charge in [-0.1, -0.05) is 35.9 Å². The van der Waals surface area contributed by atoms with Crippen molar-refractivity contribution in [2.75, 3.05) is 5.43 Å². The Morgan fingerprint density at radius 3 is 2.43 bits per heavy atom. The molecule has 1 aromatic heterocycles. The SMILES string of the molecule is C/C(=N\Nc1nc(-c2ccc(Cl)cc2)nc2ccccc12)c1ccccc1O. The maximum absolute atomic E-state index is 10.0. The van der Waals surface area contributed by atoms with Crippen LogP contribution in [0.25, 0.3) is 22.3 Å². The van der Waals surface area contributed by atoms with Crippen LogP contribution in [0.1, 0.15) is 12.5 Å². The first kappa shape index (κ1) is 17.9. The van der Waals surface area contributed by atoms with Gasteiger partial charge >= 0.3 is 0 Å². The van der Waals surface area contributed by atoms with Crippen LogP contribution in [-0.2, 0) is 0 Å². The van der Waals surface area contributed by atoms with Crippen molar-refractivity contribution in [1.29, 1.82) is 0 Å². The highest BCUT2D eigenvalue weighted by molar-refractivity contribution is 6.30. The van der Waals surface area contributed by atoms with Crippen LogP contribution in [0.15, 0.2) is 77.9 Å². The third kappa shape index (κ3) is 3.66. The van der Waals surface area contributed by atoms with Gasteiger partial charge in [0.2, 0.25) is 0 Å². The number of anilines is 1. The number of phenolic OH excluding ortho intramolecular Hbond substituents is 1. The van der Waals surface area contributed by atoms with E-state index in [1.807, 2.05) is 67.6 Å². The van der Waals surface area contributed by atoms with Gasteiger partial charge in [0.15, 0.2) is 11.6 Å². The predicted octanol–water partition coefficient (Wildman–Crippen LogP) is 5.49. The monoisotopic (exact) mass is 388 g/mol. The molecule has 0 saturated carbocycles. The molecule has 6 heteroatoms. The van der Waals surface area contributed by atoms with Gasteiger partial charge in [-0.15, -0.1) is 0 Å². The van der Waals surface area contributed by atoms with Crippen molar-refractivity contribution in [1.82, 2.24) is 9.97 Å². The summed E-state index contributed by atoms with van der Waals surface area (Å²) in [7, 11) is 0. The molecule has 0 aliphatic carbocycles. The lowest BCUT2D eigenvalue weighted by Crippen LogP contribution is -2.03. The van der Waals surface area contributed by atoms with Gasteiger partial charge in [0, 0.05) is 21.5 Å². The van der Waals surface area contributed by atoms with Gasteiger partial charge in [0.25, 0.3) is 0 Å². The smallest absolute Gasteiger partial charge is 0.162 e. The first-order valence-electron chi connectivity index (χ1n) is 8.73. The van der Waals surface area contributed by atoms with Gasteiger partial charge in [-0.25, -0.2) is 9.97 Å². The van der Waals surface area contributed by atoms with Crippen LogP contribution in [-0.4, -0.2) is 20.8 Å². The Hall–Kier alpha value is -3.44. The second-order valence-corrected chi connectivity index (χ2v) is 6.68. The van der Waals surface area contributed by atoms with E-state index in [-0.39, 0.29) is 5.75 Å². The summed E-state index contributed by atoms with van der Waals surface area (Å²) in [5.41, 5.74) is 6.01. The highest BCUT2D eigenvalue weighted by atomic mass is 35.5. The zero-order valence-corrected chi connectivity index (χ0v) is 15.9. The largest absolute Gasteiger partial charge is 0.507 e. The van der Waals surface area contributed by atoms with E-state index in [1.54, 1.807) is 12.1 Å². The molecule has 0 radical (unpaired) electrons. The number of nitrogens with zero attached hydrogens (tertiary/aromatic N) is 3. The van der Waals surface area contributed by atoms with Crippen LogP contribution < -0.4 is 5.43 Å². The molecule has 0 saturated heterocycles. The average molecular weight is 389 g/mol. The van der Waals surface area contributed by atoms with E-state index in [2.05, 4.69) is 20.5 Å². The molecule has 0 atom stereocenters. The molecule has 0 unspecified atom stereocenters. The van der Waals surface area contributed by atoms with E-state index in [1.165, 1.54) is 0 Å². The van der Waals surface area contributed by atoms with E-state index in [0.717, 1.165) is 16.5 Å². The number of fused-ring (bicyclic) bond motifs is 1. The summed E-state index contributed by atoms with van der Waals surface area (Å²) >= 11 is 5.99. The number of hydrogen-bond acceptors (Lipinski definition) is 5. The maximum Gasteiger partial charge on any atom is 0.162 e. The molecule has 4 rings (SSSR count). The lowest BCUT2D eigenvalue weighted by atomic mass is 10.1. The molecule has 0 bridgehead atoms. The fourth-order valence-electron chi connectivity index (χ4n) is 2.87. The number of halogens is 1. The van der Waals surface area contributed by atoms with E-state index in [9.17, 15) is 5.11 Å². The van der Waals surface area contributed by atoms with Crippen LogP contribution in [0.3, 0.4) is 0 Å². The lowest BCUT2D eigenvalue weighted by molar-refractivity contribution is 0.474. The van der Waals surface area contributed by atoms with Crippen molar-refractivity contribution in [2.24, 2.45) is 5.10 Å². The van der Waals surface area contributed by atoms with Crippen molar-refractivity contribution in [3.05, 3.63) is 83.4 Å². The maximum atomic E-state index is 10.0. The molecule has 2 N–H and O–H groups in total. The molecule has 3 aromatic carbocycles. The summed E-state index contributed by atoms with van der Waals surface area (Å²) in [5.74, 6) is 1.35. The van der Waals surface area contributed by atoms with Gasteiger partial charge in [-0.3, -0.25) is 5.43 Å². The predicted molar refractivity (Wildman–Crippen MR) is 114 cm³/mol. The zero-order chi connectivity index (χ0) is 19.5. The highest BCUT2D eigenvalue weighted by Gasteiger charge is 2.10. The average Bonchev–Trinajstić information content (AvgIpc) is 2.72. The van der Waals surface area contributed by atoms with Gasteiger partial charge < -0.3 is 5.11 Å². The second-order valence-electron chi connectivity index (χ2n) is 6.25. The normalized spacial score (nSPS) is 11.6. The minimum atomic E-state index is 0.181. The van der Waals surface area contributed by atoms with Gasteiger partial charge in [-0.05, 0) is 55.5 Å². The Kier molecular flexibility index (Phi) is 4.91. The number of aromatic hydroxyl groups is 1. The summed E-state index contributed by atoms with van der Waals surface area (Å²) in [6.45, 7) is 1.82. The Balaban J connectivity index is 1.76. The molecule has 0 spiro atoms. The number of nitrogens with one attached hydrogen (secondary N) is 1. The van der Waals surface area contributed by atoms with Crippen LogP contribution in [0.2, 0.25) is 5.02 Å². The minimum Gasteiger partial charge on any atom is -0.507 e. The first-order chi connectivity index (χ1) is 13.6. The molecule has 4 aromatic rings. The fraction of sp³-hybridized carbons (Fsp3) is 0.0455. The number of rotatable bonds is 4. The third-order valence-electron chi connectivity index (χ3n) is 4.33. The zero-order valence-electron chi connectivity index (χ0n) is 15.1. The molecule has 0 amide bonds. The van der Waals surface area contributed by atoms with Gasteiger partial charge in [-0.2, -0.15) is 5.10 Å². The molecule has 28 heavy (non-hydrogen) atoms. The number of para-hydroxylation sites is 2. The van der Waals surface area contributed by atoms with Crippen molar-refractivity contribution >= 4 is 34.0 Å². The molecular formula is C22H17ClN4O. The van der Waals surface area contributed by atoms with E-state index in [4.69, 9.17) is 11.6 Å². The number of aromatic nitrogens is 2. The van der Waals surface area contributed by atoms with Crippen molar-refractivity contribution < 1.29 is 5.11 Å². The number of hydrogen-bond donors (Lipinski definition) is 2. The standard InChI is InChI=1S/C22H17ClN4O/c1-14(17-6-3-5-9-20(17)28)26-27-22-18-7-2-4-8-19(18)24-21(25-22)15-10-12-16(23)13-11-15/h2-13,28H,1H3,(H,24,25,27)/b26-14+. The molecule has 0 fully saturated rings. The van der Waals surface area contributed by atoms with Crippen LogP contribution in [0, 0.1) is 0 Å². The summed E-state index contributed by atoms with van der Waals surface area (Å²) in [5, 5.41) is 16.0. The molecule has 0 aliphatic rings. The van der Waals surface area contributed by atoms with Crippen molar-refractivity contribution in [3.63, 3.8) is 0 Å². The third-order valence-corrected chi connectivity index (χ3v) is 4.58. The lowest BCUT2D eigenvalue weighted by Gasteiger charge is -2.09. The first-order valence-corrected chi connectivity index (χ1v) is 9.11. The van der Waals surface area contributed by atoms with Crippen molar-refractivity contribution in [2.45, 2.75) is 6.92 Å². The van der Waals surface area contributed by atoms with E-state index < -0.39 is 0 Å². The second kappa shape index (κ2) is 7.66. The quantitative estimate of drug-likeness (QED) is 0.358. The van der Waals surface area contributed by atoms with Crippen LogP contribution in [0.4, 0.5) is 5.82 Å². The van der Waals surface area contributed by atoms with E-state index in [0.29, 0.717) is 27.9 Å². The molecule has 0 aliphatic heterocycles. The Morgan fingerprint density at radius 2 is 1.64 bits per heavy atom. The minimum absolute atomic E-state index is 0.181. The van der Waals surface area contributed by atoms with Crippen LogP contribution in [0.5, 0.6) is 5.75 Å². The summed E-state index contributed by atoms with van der Waals surface area (Å²) in [6.07, 6.45) is 0. The molecule has 1 heterocycles. The van der Waals surface area contributed by atoms with Crippen LogP contribution >= 0.6 is 11.6 Å². The molecular weight excluding hydrogens is 372 g/mol. The summed E-state index contributed by atoms with van der Waals surface area (Å²) < 4.78 is 0. The highest BCUT2D eigenvalue weighted by Crippen LogP contribution is 2.26. The van der Waals surface area contributed by atoms with E-state index >= 15 is 0 Å². The topological polar surface area (TPSA) is 70.4 Å². The number of benzene rings is 3. The van der Waals surface area contributed by atoms with Gasteiger partial charge in [0.1, 0.15) is 5.75 Å². The fourth-order valence-corrected chi connectivity index (χ4v) is 2.99. The Labute approximate surface area is 167 Å². The Morgan fingerprint density at radius 1 is 0.929 bits per heavy atom.